The Morgan fingerprint density at radius 1 is 0.913 bits per heavy atom. The molecule has 0 radical (unpaired) electrons. The number of hydrogen-bond acceptors (Lipinski definition) is 4. The molecule has 3 heterocycles. The number of carbonyl (C=O) groups excluding carboxylic acids is 3. The fourth-order valence-electron chi connectivity index (χ4n) is 6.40. The smallest absolute Gasteiger partial charge is 0.341 e. The molecule has 1 atom stereocenters. The average Bonchev–Trinajstić information content (AvgIpc) is 3.41. The van der Waals surface area contributed by atoms with E-state index >= 15 is 4.39 Å². The third-order valence-electron chi connectivity index (χ3n) is 8.70. The minimum Gasteiger partial charge on any atom is -0.341 e. The van der Waals surface area contributed by atoms with Gasteiger partial charge >= 0.3 is 12.2 Å². The predicted octanol–water partition coefficient (Wildman–Crippen LogP) is 6.48. The van der Waals surface area contributed by atoms with Gasteiger partial charge < -0.3 is 15.5 Å². The molecule has 3 aromatic rings. The highest BCUT2D eigenvalue weighted by molar-refractivity contribution is 6.31. The van der Waals surface area contributed by atoms with Gasteiger partial charge in [0.1, 0.15) is 12.4 Å². The van der Waals surface area contributed by atoms with Crippen LogP contribution in [0.3, 0.4) is 0 Å². The Morgan fingerprint density at radius 2 is 1.54 bits per heavy atom. The van der Waals surface area contributed by atoms with Crippen molar-refractivity contribution < 1.29 is 31.9 Å². The van der Waals surface area contributed by atoms with Crippen molar-refractivity contribution in [2.24, 2.45) is 16.8 Å². The van der Waals surface area contributed by atoms with E-state index in [1.165, 1.54) is 29.2 Å². The van der Waals surface area contributed by atoms with E-state index in [4.69, 9.17) is 11.6 Å². The van der Waals surface area contributed by atoms with Crippen molar-refractivity contribution in [1.82, 2.24) is 10.2 Å². The molecular formula is C33H30ClF4N5O3. The van der Waals surface area contributed by atoms with Gasteiger partial charge in [-0.1, -0.05) is 41.9 Å². The van der Waals surface area contributed by atoms with Gasteiger partial charge in [0.05, 0.1) is 22.0 Å². The zero-order valence-corrected chi connectivity index (χ0v) is 25.2. The molecule has 1 saturated carbocycles. The number of nitrogens with zero attached hydrogens (tertiary/aromatic N) is 3. The van der Waals surface area contributed by atoms with Crippen LogP contribution < -0.4 is 15.5 Å². The zero-order chi connectivity index (χ0) is 32.6. The molecule has 0 unspecified atom stereocenters. The highest BCUT2D eigenvalue weighted by atomic mass is 35.5. The van der Waals surface area contributed by atoms with E-state index in [-0.39, 0.29) is 29.4 Å². The van der Waals surface area contributed by atoms with Gasteiger partial charge in [0, 0.05) is 29.9 Å². The van der Waals surface area contributed by atoms with Crippen LogP contribution in [-0.4, -0.2) is 54.3 Å². The Bertz CT molecular complexity index is 1690. The normalized spacial score (nSPS) is 21.2. The minimum atomic E-state index is -4.77. The molecule has 4 amide bonds. The van der Waals surface area contributed by atoms with Crippen LogP contribution in [0.5, 0.6) is 0 Å². The number of urea groups is 1. The maximum Gasteiger partial charge on any atom is 0.417 e. The Balaban J connectivity index is 1.34. The van der Waals surface area contributed by atoms with Crippen LogP contribution >= 0.6 is 11.6 Å². The summed E-state index contributed by atoms with van der Waals surface area (Å²) in [6, 6.07) is 14.2. The number of amides is 4. The predicted molar refractivity (Wildman–Crippen MR) is 165 cm³/mol. The van der Waals surface area contributed by atoms with E-state index in [9.17, 15) is 27.6 Å². The fraction of sp³-hybridized carbons (Fsp3) is 0.333. The Labute approximate surface area is 267 Å². The highest BCUT2D eigenvalue weighted by Gasteiger charge is 2.38. The molecule has 2 N–H and O–H groups in total. The summed E-state index contributed by atoms with van der Waals surface area (Å²) in [5, 5.41) is 4.15. The van der Waals surface area contributed by atoms with Gasteiger partial charge in [-0.25, -0.2) is 14.2 Å². The Hall–Kier alpha value is -4.45. The number of aliphatic imine (C=N–C) groups is 1. The first-order valence-corrected chi connectivity index (χ1v) is 15.3. The minimum absolute atomic E-state index is 0.0553. The molecule has 1 aliphatic carbocycles. The summed E-state index contributed by atoms with van der Waals surface area (Å²) in [7, 11) is 0. The molecule has 0 spiro atoms. The van der Waals surface area contributed by atoms with Crippen LogP contribution in [0.15, 0.2) is 71.7 Å². The van der Waals surface area contributed by atoms with Gasteiger partial charge in [0.25, 0.3) is 5.91 Å². The van der Waals surface area contributed by atoms with Gasteiger partial charge in [-0.05, 0) is 73.9 Å². The Kier molecular flexibility index (Phi) is 8.73. The lowest BCUT2D eigenvalue weighted by molar-refractivity contribution is -0.137. The molecule has 7 rings (SSSR count). The van der Waals surface area contributed by atoms with E-state index < -0.39 is 40.7 Å². The molecule has 46 heavy (non-hydrogen) atoms. The molecule has 0 aromatic heterocycles. The number of alkyl halides is 3. The van der Waals surface area contributed by atoms with Crippen molar-refractivity contribution in [3.05, 3.63) is 94.3 Å². The number of hydrogen-bond donors (Lipinski definition) is 2. The second-order valence-corrected chi connectivity index (χ2v) is 12.2. The van der Waals surface area contributed by atoms with Gasteiger partial charge in [-0.15, -0.1) is 0 Å². The first-order valence-electron chi connectivity index (χ1n) is 14.9. The number of benzodiazepines with no additional fused rings is 1. The molecular weight excluding hydrogens is 626 g/mol. The van der Waals surface area contributed by atoms with Crippen molar-refractivity contribution in [2.75, 3.05) is 29.9 Å². The van der Waals surface area contributed by atoms with Crippen LogP contribution in [0.25, 0.3) is 0 Å². The zero-order valence-electron chi connectivity index (χ0n) is 24.5. The molecule has 8 nitrogen and oxygen atoms in total. The molecule has 240 valence electrons. The highest BCUT2D eigenvalue weighted by Crippen LogP contribution is 2.37. The summed E-state index contributed by atoms with van der Waals surface area (Å²) in [6.45, 7) is 0.851. The summed E-state index contributed by atoms with van der Waals surface area (Å²) in [6.07, 6.45) is -2.22. The molecule has 2 bridgehead atoms. The van der Waals surface area contributed by atoms with Crippen LogP contribution in [0.1, 0.15) is 42.4 Å². The van der Waals surface area contributed by atoms with Gasteiger partial charge in [0.15, 0.2) is 0 Å². The number of para-hydroxylation sites is 1. The quantitative estimate of drug-likeness (QED) is 0.308. The molecule has 2 saturated heterocycles. The van der Waals surface area contributed by atoms with Gasteiger partial charge in [0.2, 0.25) is 12.1 Å². The summed E-state index contributed by atoms with van der Waals surface area (Å²) in [4.78, 5) is 48.6. The number of benzene rings is 3. The number of anilines is 2. The van der Waals surface area contributed by atoms with Crippen LogP contribution in [0.2, 0.25) is 5.02 Å². The topological polar surface area (TPSA) is 94.1 Å². The molecule has 4 aliphatic rings. The van der Waals surface area contributed by atoms with Gasteiger partial charge in [-0.2, -0.15) is 13.2 Å². The summed E-state index contributed by atoms with van der Waals surface area (Å²) in [5.41, 5.74) is -0.611. The summed E-state index contributed by atoms with van der Waals surface area (Å²) in [5.74, 6) is -0.867. The van der Waals surface area contributed by atoms with E-state index in [0.717, 1.165) is 31.7 Å². The molecule has 3 aromatic carbocycles. The monoisotopic (exact) mass is 655 g/mol. The maximum atomic E-state index is 15.2. The van der Waals surface area contributed by atoms with Crippen LogP contribution in [0.4, 0.5) is 33.7 Å². The second kappa shape index (κ2) is 12.7. The van der Waals surface area contributed by atoms with Crippen molar-refractivity contribution in [1.29, 1.82) is 0 Å². The standard InChI is InChI=1S/C33H30ClF4N5O3/c34-25-14-13-21(15-24(25)33(36,37)38)39-32(46)41-30-31(45)43(18-28(44)42-16-19-9-10-20(17-42)12-11-19)27-8-4-2-6-23(27)29(40-30)22-5-1-3-7-26(22)35/h1-8,13-15,19-20,30H,9-12,16-18H2,(H2,39,41,46)/t19?,20?,30-/m0/s1. The summed E-state index contributed by atoms with van der Waals surface area (Å²) >= 11 is 5.71. The van der Waals surface area contributed by atoms with Crippen molar-refractivity contribution in [3.63, 3.8) is 0 Å². The number of rotatable bonds is 5. The SMILES string of the molecule is O=C(Nc1ccc(Cl)c(C(F)(F)F)c1)N[C@@H]1N=C(c2ccccc2F)c2ccccc2N(CC(=O)N2CC3CCC(CC3)C2)C1=O. The number of halogens is 5. The second-order valence-electron chi connectivity index (χ2n) is 11.8. The van der Waals surface area contributed by atoms with Crippen LogP contribution in [0, 0.1) is 17.7 Å². The largest absolute Gasteiger partial charge is 0.417 e. The van der Waals surface area contributed by atoms with Crippen molar-refractivity contribution >= 4 is 46.5 Å². The lowest BCUT2D eigenvalue weighted by Crippen LogP contribution is -2.51. The first-order chi connectivity index (χ1) is 22.0. The third-order valence-corrected chi connectivity index (χ3v) is 9.03. The lowest BCUT2D eigenvalue weighted by atomic mass is 9.84. The summed E-state index contributed by atoms with van der Waals surface area (Å²) < 4.78 is 55.4. The third kappa shape index (κ3) is 6.57. The lowest BCUT2D eigenvalue weighted by Gasteiger charge is -2.29. The van der Waals surface area contributed by atoms with E-state index in [1.54, 1.807) is 35.2 Å². The average molecular weight is 656 g/mol. The molecule has 3 aliphatic heterocycles. The van der Waals surface area contributed by atoms with Crippen molar-refractivity contribution in [2.45, 2.75) is 38.0 Å². The van der Waals surface area contributed by atoms with Crippen LogP contribution in [-0.2, 0) is 15.8 Å². The number of carbonyl (C=O) groups is 3. The number of nitrogens with one attached hydrogen (secondary N) is 2. The molecule has 13 heteroatoms. The van der Waals surface area contributed by atoms with E-state index in [1.807, 2.05) is 0 Å². The van der Waals surface area contributed by atoms with Crippen molar-refractivity contribution in [3.8, 4) is 0 Å². The van der Waals surface area contributed by atoms with Gasteiger partial charge in [-0.3, -0.25) is 14.5 Å². The Morgan fingerprint density at radius 3 is 2.20 bits per heavy atom. The number of fused-ring (bicyclic) bond motifs is 5. The first kappa shape index (κ1) is 31.5. The van der Waals surface area contributed by atoms with E-state index in [2.05, 4.69) is 15.6 Å². The maximum absolute atomic E-state index is 15.2. The fourth-order valence-corrected chi connectivity index (χ4v) is 6.62. The molecule has 3 fully saturated rings. The van der Waals surface area contributed by atoms with E-state index in [0.29, 0.717) is 42.2 Å².